The summed E-state index contributed by atoms with van der Waals surface area (Å²) < 4.78 is 5.74. The third-order valence-corrected chi connectivity index (χ3v) is 4.50. The van der Waals surface area contributed by atoms with Crippen LogP contribution in [0.2, 0.25) is 0 Å². The molecule has 1 nitrogen and oxygen atoms in total. The molecule has 0 radical (unpaired) electrons. The quantitative estimate of drug-likeness (QED) is 0.449. The molecule has 1 heteroatoms. The lowest BCUT2D eigenvalue weighted by atomic mass is 9.90. The molecule has 0 amide bonds. The number of aryl methyl sites for hydroxylation is 1. The molecule has 0 aliphatic rings. The molecule has 0 saturated carbocycles. The molecular formula is C25H26O. The first kappa shape index (κ1) is 18.0. The Hall–Kier alpha value is -2.80. The fraction of sp³-hybridized carbons (Fsp3) is 0.200. The van der Waals surface area contributed by atoms with Crippen molar-refractivity contribution in [3.63, 3.8) is 0 Å². The summed E-state index contributed by atoms with van der Waals surface area (Å²) in [4.78, 5) is 0. The summed E-state index contributed by atoms with van der Waals surface area (Å²) in [5, 5.41) is 0. The number of hydrogen-bond donors (Lipinski definition) is 0. The molecule has 26 heavy (non-hydrogen) atoms. The molecule has 0 unspecified atom stereocenters. The highest BCUT2D eigenvalue weighted by Crippen LogP contribution is 2.33. The fourth-order valence-electron chi connectivity index (χ4n) is 3.17. The van der Waals surface area contributed by atoms with Crippen LogP contribution in [0.3, 0.4) is 0 Å². The van der Waals surface area contributed by atoms with E-state index >= 15 is 0 Å². The van der Waals surface area contributed by atoms with E-state index in [9.17, 15) is 0 Å². The van der Waals surface area contributed by atoms with Crippen LogP contribution in [-0.4, -0.2) is 6.61 Å². The van der Waals surface area contributed by atoms with Crippen LogP contribution < -0.4 is 4.74 Å². The zero-order valence-corrected chi connectivity index (χ0v) is 15.8. The minimum atomic E-state index is 0.753. The lowest BCUT2D eigenvalue weighted by Crippen LogP contribution is -1.96. The van der Waals surface area contributed by atoms with Gasteiger partial charge in [-0.25, -0.2) is 0 Å². The number of rotatable bonds is 6. The van der Waals surface area contributed by atoms with Crippen molar-refractivity contribution in [3.8, 4) is 5.75 Å². The van der Waals surface area contributed by atoms with Crippen LogP contribution in [-0.2, 0) is 0 Å². The van der Waals surface area contributed by atoms with Gasteiger partial charge in [-0.05, 0) is 60.2 Å². The van der Waals surface area contributed by atoms with Crippen molar-refractivity contribution in [2.24, 2.45) is 0 Å². The van der Waals surface area contributed by atoms with E-state index in [1.165, 1.54) is 33.4 Å². The first-order valence-corrected chi connectivity index (χ1v) is 9.25. The van der Waals surface area contributed by atoms with Crippen molar-refractivity contribution in [3.05, 3.63) is 101 Å². The molecule has 0 bridgehead atoms. The summed E-state index contributed by atoms with van der Waals surface area (Å²) in [6.07, 6.45) is 1.02. The average molecular weight is 342 g/mol. The second-order valence-electron chi connectivity index (χ2n) is 6.61. The van der Waals surface area contributed by atoms with Gasteiger partial charge in [0.05, 0.1) is 6.61 Å². The SMILES string of the molecule is CCCOc1ccc(/C(=C(/C)c2ccccc2)c2cccc(C)c2)cc1. The Labute approximate surface area is 157 Å². The minimum absolute atomic E-state index is 0.753. The van der Waals surface area contributed by atoms with Gasteiger partial charge in [0.1, 0.15) is 5.75 Å². The van der Waals surface area contributed by atoms with Gasteiger partial charge >= 0.3 is 0 Å². The lowest BCUT2D eigenvalue weighted by molar-refractivity contribution is 0.317. The molecule has 3 aromatic rings. The van der Waals surface area contributed by atoms with Gasteiger partial charge in [-0.2, -0.15) is 0 Å². The molecule has 3 rings (SSSR count). The maximum Gasteiger partial charge on any atom is 0.119 e. The van der Waals surface area contributed by atoms with Crippen molar-refractivity contribution in [2.45, 2.75) is 27.2 Å². The number of ether oxygens (including phenoxy) is 1. The summed E-state index contributed by atoms with van der Waals surface area (Å²) in [5.74, 6) is 0.927. The number of benzene rings is 3. The van der Waals surface area contributed by atoms with Crippen LogP contribution >= 0.6 is 0 Å². The largest absolute Gasteiger partial charge is 0.494 e. The van der Waals surface area contributed by atoms with Crippen molar-refractivity contribution in [2.75, 3.05) is 6.61 Å². The van der Waals surface area contributed by atoms with Gasteiger partial charge in [0.25, 0.3) is 0 Å². The van der Waals surface area contributed by atoms with E-state index in [0.29, 0.717) is 0 Å². The van der Waals surface area contributed by atoms with Crippen molar-refractivity contribution in [1.29, 1.82) is 0 Å². The molecule has 0 atom stereocenters. The Morgan fingerprint density at radius 2 is 1.46 bits per heavy atom. The molecule has 0 aliphatic heterocycles. The monoisotopic (exact) mass is 342 g/mol. The number of hydrogen-bond acceptors (Lipinski definition) is 1. The van der Waals surface area contributed by atoms with Gasteiger partial charge in [-0.15, -0.1) is 0 Å². The van der Waals surface area contributed by atoms with Crippen LogP contribution in [0.1, 0.15) is 42.5 Å². The van der Waals surface area contributed by atoms with E-state index < -0.39 is 0 Å². The molecular weight excluding hydrogens is 316 g/mol. The van der Waals surface area contributed by atoms with Crippen molar-refractivity contribution >= 4 is 11.1 Å². The van der Waals surface area contributed by atoms with E-state index in [-0.39, 0.29) is 0 Å². The Morgan fingerprint density at radius 3 is 2.12 bits per heavy atom. The Bertz CT molecular complexity index is 874. The van der Waals surface area contributed by atoms with Crippen LogP contribution in [0, 0.1) is 6.92 Å². The minimum Gasteiger partial charge on any atom is -0.494 e. The van der Waals surface area contributed by atoms with Gasteiger partial charge < -0.3 is 4.74 Å². The Kier molecular flexibility index (Phi) is 5.91. The highest BCUT2D eigenvalue weighted by molar-refractivity contribution is 5.98. The van der Waals surface area contributed by atoms with E-state index in [2.05, 4.69) is 99.6 Å². The smallest absolute Gasteiger partial charge is 0.119 e. The first-order chi connectivity index (χ1) is 12.7. The van der Waals surface area contributed by atoms with Crippen LogP contribution in [0.5, 0.6) is 5.75 Å². The molecule has 0 N–H and O–H groups in total. The van der Waals surface area contributed by atoms with Gasteiger partial charge in [-0.3, -0.25) is 0 Å². The van der Waals surface area contributed by atoms with Gasteiger partial charge in [-0.1, -0.05) is 79.2 Å². The highest BCUT2D eigenvalue weighted by Gasteiger charge is 2.11. The molecule has 0 fully saturated rings. The summed E-state index contributed by atoms with van der Waals surface area (Å²) in [6.45, 7) is 7.22. The second kappa shape index (κ2) is 8.53. The molecule has 132 valence electrons. The van der Waals surface area contributed by atoms with Crippen LogP contribution in [0.15, 0.2) is 78.9 Å². The van der Waals surface area contributed by atoms with Crippen molar-refractivity contribution < 1.29 is 4.74 Å². The van der Waals surface area contributed by atoms with Gasteiger partial charge in [0.2, 0.25) is 0 Å². The maximum absolute atomic E-state index is 5.74. The van der Waals surface area contributed by atoms with E-state index in [1.807, 2.05) is 0 Å². The van der Waals surface area contributed by atoms with Gasteiger partial charge in [0, 0.05) is 0 Å². The summed E-state index contributed by atoms with van der Waals surface area (Å²) in [5.41, 5.74) is 7.51. The van der Waals surface area contributed by atoms with E-state index in [1.54, 1.807) is 0 Å². The molecule has 0 spiro atoms. The molecule has 0 saturated heterocycles. The Morgan fingerprint density at radius 1 is 0.769 bits per heavy atom. The molecule has 3 aromatic carbocycles. The van der Waals surface area contributed by atoms with Gasteiger partial charge in [0.15, 0.2) is 0 Å². The van der Waals surface area contributed by atoms with Crippen LogP contribution in [0.25, 0.3) is 11.1 Å². The second-order valence-corrected chi connectivity index (χ2v) is 6.61. The van der Waals surface area contributed by atoms with Crippen LogP contribution in [0.4, 0.5) is 0 Å². The molecule has 0 heterocycles. The number of allylic oxidation sites excluding steroid dienone is 1. The maximum atomic E-state index is 5.74. The van der Waals surface area contributed by atoms with Crippen molar-refractivity contribution in [1.82, 2.24) is 0 Å². The standard InChI is InChI=1S/C25H26O/c1-4-17-26-24-15-13-22(14-16-24)25(23-12-8-9-19(2)18-23)20(3)21-10-6-5-7-11-21/h5-16,18H,4,17H2,1-3H3/b25-20+. The topological polar surface area (TPSA) is 9.23 Å². The third-order valence-electron chi connectivity index (χ3n) is 4.50. The average Bonchev–Trinajstić information content (AvgIpc) is 2.68. The zero-order valence-electron chi connectivity index (χ0n) is 15.8. The molecule has 0 aromatic heterocycles. The van der Waals surface area contributed by atoms with E-state index in [4.69, 9.17) is 4.74 Å². The van der Waals surface area contributed by atoms with E-state index in [0.717, 1.165) is 18.8 Å². The lowest BCUT2D eigenvalue weighted by Gasteiger charge is -2.15. The first-order valence-electron chi connectivity index (χ1n) is 9.25. The summed E-state index contributed by atoms with van der Waals surface area (Å²) >= 11 is 0. The Balaban J connectivity index is 2.09. The zero-order chi connectivity index (χ0) is 18.4. The third kappa shape index (κ3) is 4.23. The highest BCUT2D eigenvalue weighted by atomic mass is 16.5. The summed E-state index contributed by atoms with van der Waals surface area (Å²) in [6, 6.07) is 27.8. The predicted molar refractivity (Wildman–Crippen MR) is 111 cm³/mol. The molecule has 0 aliphatic carbocycles. The normalized spacial score (nSPS) is 11.8. The fourth-order valence-corrected chi connectivity index (χ4v) is 3.17. The predicted octanol–water partition coefficient (Wildman–Crippen LogP) is 6.76. The summed E-state index contributed by atoms with van der Waals surface area (Å²) in [7, 11) is 0.